The summed E-state index contributed by atoms with van der Waals surface area (Å²) in [5.74, 6) is 2.03. The van der Waals surface area contributed by atoms with E-state index < -0.39 is 5.60 Å². The second-order valence-corrected chi connectivity index (χ2v) is 8.28. The lowest BCUT2D eigenvalue weighted by molar-refractivity contribution is -0.530. The van der Waals surface area contributed by atoms with E-state index in [0.717, 1.165) is 19.5 Å². The van der Waals surface area contributed by atoms with Crippen LogP contribution < -0.4 is 5.32 Å². The van der Waals surface area contributed by atoms with Crippen LogP contribution in [0, 0.1) is 5.92 Å². The molecule has 1 atom stereocenters. The third-order valence-electron chi connectivity index (χ3n) is 4.33. The van der Waals surface area contributed by atoms with Crippen molar-refractivity contribution in [2.75, 3.05) is 26.2 Å². The Labute approximate surface area is 141 Å². The van der Waals surface area contributed by atoms with Gasteiger partial charge in [0.1, 0.15) is 12.1 Å². The summed E-state index contributed by atoms with van der Waals surface area (Å²) in [4.78, 5) is 14.6. The number of amidine groups is 1. The quantitative estimate of drug-likeness (QED) is 0.791. The fourth-order valence-corrected chi connectivity index (χ4v) is 3.58. The number of nitrogens with zero attached hydrogens (tertiary/aromatic N) is 2. The number of ether oxygens (including phenoxy) is 1. The molecule has 0 saturated heterocycles. The van der Waals surface area contributed by atoms with E-state index in [0.29, 0.717) is 5.92 Å². The Morgan fingerprint density at radius 2 is 2.00 bits per heavy atom. The highest BCUT2D eigenvalue weighted by atomic mass is 16.6. The third kappa shape index (κ3) is 5.70. The van der Waals surface area contributed by atoms with Crippen molar-refractivity contribution >= 4 is 11.9 Å². The molecule has 132 valence electrons. The van der Waals surface area contributed by atoms with E-state index in [4.69, 9.17) is 4.74 Å². The Bertz CT molecular complexity index is 452. The molecule has 2 heterocycles. The maximum atomic E-state index is 12.2. The van der Waals surface area contributed by atoms with E-state index in [9.17, 15) is 4.79 Å². The number of nitrogens with one attached hydrogen (secondary N) is 1. The van der Waals surface area contributed by atoms with Crippen molar-refractivity contribution in [3.05, 3.63) is 0 Å². The summed E-state index contributed by atoms with van der Waals surface area (Å²) in [6, 6.07) is 0.137. The molecule has 0 spiro atoms. The minimum absolute atomic E-state index is 0.137. The fourth-order valence-electron chi connectivity index (χ4n) is 3.58. The van der Waals surface area contributed by atoms with Gasteiger partial charge in [-0.2, -0.15) is 0 Å². The van der Waals surface area contributed by atoms with Crippen molar-refractivity contribution < 1.29 is 14.1 Å². The predicted molar refractivity (Wildman–Crippen MR) is 93.0 cm³/mol. The van der Waals surface area contributed by atoms with Gasteiger partial charge in [0.15, 0.2) is 0 Å². The zero-order chi connectivity index (χ0) is 17.0. The summed E-state index contributed by atoms with van der Waals surface area (Å²) >= 11 is 0. The van der Waals surface area contributed by atoms with Gasteiger partial charge in [-0.25, -0.2) is 4.79 Å². The number of carbonyl (C=O) groups excluding carboxylic acids is 1. The van der Waals surface area contributed by atoms with Crippen LogP contribution in [0.25, 0.3) is 0 Å². The Kier molecular flexibility index (Phi) is 5.93. The molecule has 0 unspecified atom stereocenters. The van der Waals surface area contributed by atoms with Crippen LogP contribution in [-0.2, 0) is 4.74 Å². The van der Waals surface area contributed by atoms with Crippen LogP contribution in [0.1, 0.15) is 60.3 Å². The van der Waals surface area contributed by atoms with Crippen LogP contribution in [-0.4, -0.2) is 59.2 Å². The Morgan fingerprint density at radius 1 is 1.30 bits per heavy atom. The molecule has 23 heavy (non-hydrogen) atoms. The van der Waals surface area contributed by atoms with Crippen molar-refractivity contribution in [1.82, 2.24) is 10.2 Å². The molecule has 0 aromatic heterocycles. The largest absolute Gasteiger partial charge is 0.444 e. The van der Waals surface area contributed by atoms with Crippen molar-refractivity contribution in [3.8, 4) is 0 Å². The number of hydrogen-bond donors (Lipinski definition) is 1. The van der Waals surface area contributed by atoms with Crippen LogP contribution >= 0.6 is 0 Å². The Balaban J connectivity index is 1.98. The van der Waals surface area contributed by atoms with E-state index in [1.807, 2.05) is 20.8 Å². The first-order valence-corrected chi connectivity index (χ1v) is 9.10. The fraction of sp³-hybridized carbons (Fsp3) is 0.889. The molecule has 5 nitrogen and oxygen atoms in total. The summed E-state index contributed by atoms with van der Waals surface area (Å²) < 4.78 is 7.96. The molecule has 0 aromatic carbocycles. The van der Waals surface area contributed by atoms with Crippen molar-refractivity contribution in [1.29, 1.82) is 0 Å². The smallest absolute Gasteiger partial charge is 0.408 e. The van der Waals surface area contributed by atoms with Crippen molar-refractivity contribution in [3.63, 3.8) is 0 Å². The molecular formula is C18H34N3O2+. The van der Waals surface area contributed by atoms with Gasteiger partial charge in [0.05, 0.1) is 32.1 Å². The van der Waals surface area contributed by atoms with Gasteiger partial charge in [0.2, 0.25) is 5.84 Å². The Hall–Kier alpha value is -1.26. The van der Waals surface area contributed by atoms with E-state index in [2.05, 4.69) is 28.6 Å². The maximum absolute atomic E-state index is 12.2. The first kappa shape index (κ1) is 18.1. The molecule has 2 aliphatic heterocycles. The molecule has 1 amide bonds. The average Bonchev–Trinajstić information content (AvgIpc) is 2.84. The average molecular weight is 324 g/mol. The number of hydrogen-bond acceptors (Lipinski definition) is 3. The molecule has 0 aliphatic carbocycles. The minimum atomic E-state index is -0.450. The van der Waals surface area contributed by atoms with E-state index in [1.54, 1.807) is 0 Å². The molecule has 0 aromatic rings. The lowest BCUT2D eigenvalue weighted by Gasteiger charge is -2.29. The molecule has 5 heteroatoms. The molecule has 0 radical (unpaired) electrons. The van der Waals surface area contributed by atoms with Crippen LogP contribution in [0.15, 0.2) is 0 Å². The van der Waals surface area contributed by atoms with Crippen molar-refractivity contribution in [2.45, 2.75) is 71.9 Å². The minimum Gasteiger partial charge on any atom is -0.444 e. The molecule has 0 saturated carbocycles. The monoisotopic (exact) mass is 324 g/mol. The summed E-state index contributed by atoms with van der Waals surface area (Å²) in [5.41, 5.74) is -0.450. The van der Waals surface area contributed by atoms with Crippen LogP contribution in [0.2, 0.25) is 0 Å². The number of carbonyl (C=O) groups is 1. The normalized spacial score (nSPS) is 19.8. The lowest BCUT2D eigenvalue weighted by Crippen LogP contribution is -2.50. The summed E-state index contributed by atoms with van der Waals surface area (Å²) in [5, 5.41) is 3.10. The first-order valence-electron chi connectivity index (χ1n) is 9.10. The van der Waals surface area contributed by atoms with Crippen LogP contribution in [0.3, 0.4) is 0 Å². The first-order chi connectivity index (χ1) is 10.7. The third-order valence-corrected chi connectivity index (χ3v) is 4.33. The zero-order valence-electron chi connectivity index (χ0n) is 15.5. The molecule has 1 N–H and O–H groups in total. The number of rotatable bonds is 5. The van der Waals surface area contributed by atoms with Gasteiger partial charge >= 0.3 is 6.09 Å². The molecule has 2 rings (SSSR count). The summed E-state index contributed by atoms with van der Waals surface area (Å²) in [6.07, 6.45) is 4.34. The van der Waals surface area contributed by atoms with Gasteiger partial charge in [-0.05, 0) is 39.5 Å². The van der Waals surface area contributed by atoms with E-state index in [1.165, 1.54) is 38.2 Å². The van der Waals surface area contributed by atoms with E-state index in [-0.39, 0.29) is 12.1 Å². The highest BCUT2D eigenvalue weighted by Crippen LogP contribution is 2.17. The topological polar surface area (TPSA) is 44.6 Å². The van der Waals surface area contributed by atoms with Gasteiger partial charge in [-0.3, -0.25) is 9.48 Å². The lowest BCUT2D eigenvalue weighted by atomic mass is 10.0. The van der Waals surface area contributed by atoms with E-state index >= 15 is 0 Å². The SMILES string of the molecule is CC(C)C[C@@H](CN1CCC[N+]2=C1CCC2)NC(=O)OC(C)(C)C. The highest BCUT2D eigenvalue weighted by molar-refractivity contribution is 5.79. The van der Waals surface area contributed by atoms with Gasteiger partial charge in [0, 0.05) is 6.42 Å². The second-order valence-electron chi connectivity index (χ2n) is 8.28. The predicted octanol–water partition coefficient (Wildman–Crippen LogP) is 2.84. The summed E-state index contributed by atoms with van der Waals surface area (Å²) in [7, 11) is 0. The molecule has 0 fully saturated rings. The van der Waals surface area contributed by atoms with Crippen molar-refractivity contribution in [2.24, 2.45) is 5.92 Å². The van der Waals surface area contributed by atoms with Gasteiger partial charge in [-0.1, -0.05) is 13.8 Å². The standard InChI is InChI=1S/C18H33N3O2/c1-14(2)12-15(19-17(22)23-18(3,4)5)13-21-11-7-10-20-9-6-8-16(20)21/h14-15H,6-13H2,1-5H3/p+1/t15-/m0/s1. The second kappa shape index (κ2) is 7.54. The van der Waals surface area contributed by atoms with Crippen LogP contribution in [0.5, 0.6) is 0 Å². The Morgan fingerprint density at radius 3 is 2.65 bits per heavy atom. The highest BCUT2D eigenvalue weighted by Gasteiger charge is 2.33. The van der Waals surface area contributed by atoms with Gasteiger partial charge in [0.25, 0.3) is 0 Å². The zero-order valence-corrected chi connectivity index (χ0v) is 15.5. The summed E-state index contributed by atoms with van der Waals surface area (Å²) in [6.45, 7) is 14.5. The molecular weight excluding hydrogens is 290 g/mol. The van der Waals surface area contributed by atoms with Gasteiger partial charge in [-0.15, -0.1) is 0 Å². The number of amides is 1. The molecule has 0 bridgehead atoms. The van der Waals surface area contributed by atoms with Gasteiger partial charge < -0.3 is 10.1 Å². The maximum Gasteiger partial charge on any atom is 0.408 e. The molecule has 2 aliphatic rings. The van der Waals surface area contributed by atoms with Crippen LogP contribution in [0.4, 0.5) is 4.79 Å². The number of alkyl carbamates (subject to hydrolysis) is 1.